The summed E-state index contributed by atoms with van der Waals surface area (Å²) in [7, 11) is 0. The van der Waals surface area contributed by atoms with Gasteiger partial charge in [-0.3, -0.25) is 4.90 Å². The Balaban J connectivity index is 2.45. The highest BCUT2D eigenvalue weighted by molar-refractivity contribution is 4.81. The van der Waals surface area contributed by atoms with Gasteiger partial charge in [-0.15, -0.1) is 0 Å². The molecule has 1 N–H and O–H groups in total. The third-order valence-electron chi connectivity index (χ3n) is 1.35. The molecule has 1 aliphatic rings. The maximum Gasteiger partial charge on any atom is 0.181 e. The van der Waals surface area contributed by atoms with Gasteiger partial charge in [-0.1, -0.05) is 0 Å². The zero-order valence-corrected chi connectivity index (χ0v) is 4.54. The second-order valence-electron chi connectivity index (χ2n) is 1.92. The fourth-order valence-corrected chi connectivity index (χ4v) is 0.866. The monoisotopic (exact) mass is 112 g/mol. The third kappa shape index (κ3) is 0.749. The molecule has 1 heterocycles. The summed E-state index contributed by atoms with van der Waals surface area (Å²) in [5, 5.41) is 17.1. The predicted molar refractivity (Wildman–Crippen MR) is 27.6 cm³/mol. The van der Waals surface area contributed by atoms with E-state index in [9.17, 15) is 0 Å². The lowest BCUT2D eigenvalue weighted by atomic mass is 10.4. The summed E-state index contributed by atoms with van der Waals surface area (Å²) in [5.74, 6) is 0. The van der Waals surface area contributed by atoms with Crippen molar-refractivity contribution in [3.8, 4) is 6.19 Å². The van der Waals surface area contributed by atoms with E-state index in [0.717, 1.165) is 19.4 Å². The van der Waals surface area contributed by atoms with Gasteiger partial charge in [0.2, 0.25) is 0 Å². The van der Waals surface area contributed by atoms with Crippen molar-refractivity contribution in [3.63, 3.8) is 0 Å². The Morgan fingerprint density at radius 1 is 1.75 bits per heavy atom. The minimum atomic E-state index is -0.500. The summed E-state index contributed by atoms with van der Waals surface area (Å²) < 4.78 is 0. The molecule has 0 aromatic rings. The first kappa shape index (κ1) is 5.39. The number of nitrogens with zero attached hydrogens (tertiary/aromatic N) is 2. The van der Waals surface area contributed by atoms with Gasteiger partial charge in [0.15, 0.2) is 6.19 Å². The molecule has 1 rings (SSSR count). The van der Waals surface area contributed by atoms with Crippen LogP contribution in [0.5, 0.6) is 0 Å². The molecular weight excluding hydrogens is 104 g/mol. The van der Waals surface area contributed by atoms with Crippen LogP contribution >= 0.6 is 0 Å². The second kappa shape index (κ2) is 2.01. The molecule has 1 saturated heterocycles. The van der Waals surface area contributed by atoms with Gasteiger partial charge < -0.3 is 5.11 Å². The zero-order chi connectivity index (χ0) is 5.98. The van der Waals surface area contributed by atoms with Crippen molar-refractivity contribution in [1.29, 1.82) is 5.26 Å². The summed E-state index contributed by atoms with van der Waals surface area (Å²) in [6, 6.07) is 0. The Morgan fingerprint density at radius 2 is 2.50 bits per heavy atom. The largest absolute Gasteiger partial charge is 0.373 e. The minimum Gasteiger partial charge on any atom is -0.373 e. The molecule has 3 heteroatoms. The maximum absolute atomic E-state index is 8.89. The first-order valence-corrected chi connectivity index (χ1v) is 2.69. The number of hydrogen-bond acceptors (Lipinski definition) is 3. The SMILES string of the molecule is N#CN1CCCC1O. The molecule has 0 saturated carbocycles. The van der Waals surface area contributed by atoms with Gasteiger partial charge >= 0.3 is 0 Å². The van der Waals surface area contributed by atoms with Crippen molar-refractivity contribution in [3.05, 3.63) is 0 Å². The van der Waals surface area contributed by atoms with E-state index in [1.165, 1.54) is 4.90 Å². The standard InChI is InChI=1S/C5H8N2O/c6-4-7-3-1-2-5(7)8/h5,8H,1-3H2. The van der Waals surface area contributed by atoms with E-state index in [0.29, 0.717) is 0 Å². The summed E-state index contributed by atoms with van der Waals surface area (Å²) in [5.41, 5.74) is 0. The summed E-state index contributed by atoms with van der Waals surface area (Å²) in [6.45, 7) is 0.720. The molecule has 3 nitrogen and oxygen atoms in total. The normalized spacial score (nSPS) is 28.0. The van der Waals surface area contributed by atoms with Crippen molar-refractivity contribution >= 4 is 0 Å². The highest BCUT2D eigenvalue weighted by Crippen LogP contribution is 2.11. The molecule has 8 heavy (non-hydrogen) atoms. The molecule has 1 atom stereocenters. The fourth-order valence-electron chi connectivity index (χ4n) is 0.866. The predicted octanol–water partition coefficient (Wildman–Crippen LogP) is -0.118. The number of aliphatic hydroxyl groups is 1. The molecule has 0 aromatic heterocycles. The van der Waals surface area contributed by atoms with Crippen LogP contribution in [0, 0.1) is 11.5 Å². The first-order chi connectivity index (χ1) is 3.84. The Morgan fingerprint density at radius 3 is 2.75 bits per heavy atom. The number of nitriles is 1. The van der Waals surface area contributed by atoms with Gasteiger partial charge in [0, 0.05) is 6.54 Å². The van der Waals surface area contributed by atoms with E-state index >= 15 is 0 Å². The van der Waals surface area contributed by atoms with Gasteiger partial charge in [-0.25, -0.2) is 0 Å². The van der Waals surface area contributed by atoms with Crippen LogP contribution in [0.15, 0.2) is 0 Å². The van der Waals surface area contributed by atoms with Gasteiger partial charge in [-0.2, -0.15) is 5.26 Å². The summed E-state index contributed by atoms with van der Waals surface area (Å²) >= 11 is 0. The van der Waals surface area contributed by atoms with Crippen LogP contribution in [0.25, 0.3) is 0 Å². The molecule has 0 bridgehead atoms. The zero-order valence-electron chi connectivity index (χ0n) is 4.54. The molecule has 1 fully saturated rings. The Hall–Kier alpha value is -0.750. The van der Waals surface area contributed by atoms with E-state index in [4.69, 9.17) is 10.4 Å². The fraction of sp³-hybridized carbons (Fsp3) is 0.800. The topological polar surface area (TPSA) is 47.3 Å². The summed E-state index contributed by atoms with van der Waals surface area (Å²) in [6.07, 6.45) is 3.08. The van der Waals surface area contributed by atoms with E-state index in [2.05, 4.69) is 0 Å². The number of rotatable bonds is 0. The van der Waals surface area contributed by atoms with Crippen molar-refractivity contribution in [2.75, 3.05) is 6.54 Å². The molecule has 44 valence electrons. The lowest BCUT2D eigenvalue weighted by molar-refractivity contribution is 0.0777. The van der Waals surface area contributed by atoms with Crippen LogP contribution in [0.2, 0.25) is 0 Å². The number of likely N-dealkylation sites (tertiary alicyclic amines) is 1. The first-order valence-electron chi connectivity index (χ1n) is 2.69. The van der Waals surface area contributed by atoms with E-state index in [1.54, 1.807) is 0 Å². The van der Waals surface area contributed by atoms with Crippen molar-refractivity contribution in [2.24, 2.45) is 0 Å². The van der Waals surface area contributed by atoms with Crippen LogP contribution in [-0.4, -0.2) is 22.8 Å². The molecule has 1 aliphatic heterocycles. The average Bonchev–Trinajstić information content (AvgIpc) is 2.14. The average molecular weight is 112 g/mol. The molecule has 0 amide bonds. The van der Waals surface area contributed by atoms with Crippen LogP contribution in [0.4, 0.5) is 0 Å². The Kier molecular flexibility index (Phi) is 1.36. The van der Waals surface area contributed by atoms with Crippen molar-refractivity contribution in [2.45, 2.75) is 19.1 Å². The van der Waals surface area contributed by atoms with Crippen LogP contribution in [0.1, 0.15) is 12.8 Å². The Bertz CT molecular complexity index is 118. The molecule has 1 unspecified atom stereocenters. The lowest BCUT2D eigenvalue weighted by Crippen LogP contribution is -2.23. The molecule has 0 aliphatic carbocycles. The van der Waals surface area contributed by atoms with E-state index < -0.39 is 6.23 Å². The van der Waals surface area contributed by atoms with Crippen molar-refractivity contribution in [1.82, 2.24) is 4.90 Å². The van der Waals surface area contributed by atoms with Gasteiger partial charge in [0.1, 0.15) is 6.23 Å². The third-order valence-corrected chi connectivity index (χ3v) is 1.35. The van der Waals surface area contributed by atoms with Crippen LogP contribution in [-0.2, 0) is 0 Å². The van der Waals surface area contributed by atoms with E-state index in [-0.39, 0.29) is 0 Å². The second-order valence-corrected chi connectivity index (χ2v) is 1.92. The quantitative estimate of drug-likeness (QED) is 0.444. The smallest absolute Gasteiger partial charge is 0.181 e. The van der Waals surface area contributed by atoms with Gasteiger partial charge in [0.05, 0.1) is 0 Å². The minimum absolute atomic E-state index is 0.500. The molecule has 0 spiro atoms. The lowest BCUT2D eigenvalue weighted by Gasteiger charge is -2.09. The van der Waals surface area contributed by atoms with E-state index in [1.807, 2.05) is 6.19 Å². The highest BCUT2D eigenvalue weighted by Gasteiger charge is 2.19. The maximum atomic E-state index is 8.89. The van der Waals surface area contributed by atoms with Gasteiger partial charge in [0.25, 0.3) is 0 Å². The van der Waals surface area contributed by atoms with Crippen LogP contribution < -0.4 is 0 Å². The number of hydrogen-bond donors (Lipinski definition) is 1. The molecular formula is C5H8N2O. The highest BCUT2D eigenvalue weighted by atomic mass is 16.3. The van der Waals surface area contributed by atoms with Crippen molar-refractivity contribution < 1.29 is 5.11 Å². The molecule has 0 radical (unpaired) electrons. The summed E-state index contributed by atoms with van der Waals surface area (Å²) in [4.78, 5) is 1.39. The number of aliphatic hydroxyl groups excluding tert-OH is 1. The Labute approximate surface area is 48.1 Å². The van der Waals surface area contributed by atoms with Crippen LogP contribution in [0.3, 0.4) is 0 Å². The molecule has 0 aromatic carbocycles. The van der Waals surface area contributed by atoms with Gasteiger partial charge in [-0.05, 0) is 12.8 Å².